The van der Waals surface area contributed by atoms with Crippen LogP contribution in [-0.4, -0.2) is 41.1 Å². The first kappa shape index (κ1) is 8.00. The van der Waals surface area contributed by atoms with Crippen LogP contribution in [0.25, 0.3) is 0 Å². The van der Waals surface area contributed by atoms with Gasteiger partial charge in [0.15, 0.2) is 12.1 Å². The first-order valence-electron chi connectivity index (χ1n) is 3.34. The Morgan fingerprint density at radius 1 is 1.73 bits per heavy atom. The van der Waals surface area contributed by atoms with Crippen LogP contribution in [0.15, 0.2) is 0 Å². The van der Waals surface area contributed by atoms with Gasteiger partial charge in [0, 0.05) is 7.05 Å². The van der Waals surface area contributed by atoms with Crippen molar-refractivity contribution in [2.75, 3.05) is 7.05 Å². The number of guanidine groups is 1. The first-order chi connectivity index (χ1) is 5.04. The van der Waals surface area contributed by atoms with Gasteiger partial charge in [-0.15, -0.1) is 0 Å². The maximum Gasteiger partial charge on any atom is 0.259 e. The van der Waals surface area contributed by atoms with Gasteiger partial charge in [0.2, 0.25) is 0 Å². The molecule has 0 radical (unpaired) electrons. The summed E-state index contributed by atoms with van der Waals surface area (Å²) in [6, 6.07) is -0.369. The van der Waals surface area contributed by atoms with Gasteiger partial charge >= 0.3 is 0 Å². The largest absolute Gasteiger partial charge is 0.381 e. The van der Waals surface area contributed by atoms with Crippen molar-refractivity contribution in [2.45, 2.75) is 19.1 Å². The summed E-state index contributed by atoms with van der Waals surface area (Å²) in [7, 11) is 1.45. The fourth-order valence-corrected chi connectivity index (χ4v) is 0.914. The molecule has 62 valence electrons. The van der Waals surface area contributed by atoms with E-state index in [0.29, 0.717) is 0 Å². The lowest BCUT2D eigenvalue weighted by molar-refractivity contribution is -0.138. The number of amides is 1. The molecule has 1 amide bonds. The average molecular weight is 157 g/mol. The van der Waals surface area contributed by atoms with Crippen molar-refractivity contribution in [2.24, 2.45) is 0 Å². The van der Waals surface area contributed by atoms with E-state index in [0.717, 1.165) is 4.90 Å². The molecule has 1 aliphatic heterocycles. The predicted molar refractivity (Wildman–Crippen MR) is 39.1 cm³/mol. The minimum Gasteiger partial charge on any atom is -0.381 e. The number of nitrogens with one attached hydrogen (secondary N) is 2. The Morgan fingerprint density at radius 3 is 2.82 bits per heavy atom. The van der Waals surface area contributed by atoms with E-state index in [1.54, 1.807) is 6.92 Å². The molecule has 5 nitrogen and oxygen atoms in total. The first-order valence-corrected chi connectivity index (χ1v) is 3.34. The Morgan fingerprint density at radius 2 is 2.27 bits per heavy atom. The molecule has 1 rings (SSSR count). The van der Waals surface area contributed by atoms with Gasteiger partial charge in [0.05, 0.1) is 6.04 Å². The van der Waals surface area contributed by atoms with Gasteiger partial charge in [-0.05, 0) is 6.92 Å². The third-order valence-corrected chi connectivity index (χ3v) is 1.76. The molecule has 1 aliphatic rings. The summed E-state index contributed by atoms with van der Waals surface area (Å²) in [4.78, 5) is 12.1. The monoisotopic (exact) mass is 157 g/mol. The standard InChI is InChI=1S/C6H11N3O2/c1-3-4(10)5(11)9(2)6(7)8-3/h3-4,10H,1-2H3,(H2,7,8)/t3-,4+/m0/s1. The Bertz CT molecular complexity index is 204. The van der Waals surface area contributed by atoms with Crippen LogP contribution in [0.3, 0.4) is 0 Å². The third kappa shape index (κ3) is 1.19. The molecule has 1 heterocycles. The van der Waals surface area contributed by atoms with Gasteiger partial charge in [-0.2, -0.15) is 0 Å². The van der Waals surface area contributed by atoms with Crippen molar-refractivity contribution in [3.8, 4) is 0 Å². The van der Waals surface area contributed by atoms with Crippen molar-refractivity contribution in [1.29, 1.82) is 5.41 Å². The lowest BCUT2D eigenvalue weighted by atomic mass is 10.1. The molecule has 0 saturated carbocycles. The van der Waals surface area contributed by atoms with Crippen LogP contribution in [0.1, 0.15) is 6.92 Å². The van der Waals surface area contributed by atoms with E-state index in [2.05, 4.69) is 5.32 Å². The fourth-order valence-electron chi connectivity index (χ4n) is 0.914. The second kappa shape index (κ2) is 2.50. The van der Waals surface area contributed by atoms with Crippen molar-refractivity contribution >= 4 is 11.9 Å². The van der Waals surface area contributed by atoms with Gasteiger partial charge < -0.3 is 10.4 Å². The summed E-state index contributed by atoms with van der Waals surface area (Å²) in [6.07, 6.45) is -1.03. The van der Waals surface area contributed by atoms with Crippen LogP contribution < -0.4 is 5.32 Å². The normalized spacial score (nSPS) is 32.1. The summed E-state index contributed by atoms with van der Waals surface area (Å²) < 4.78 is 0. The van der Waals surface area contributed by atoms with Crippen molar-refractivity contribution in [3.63, 3.8) is 0 Å². The maximum absolute atomic E-state index is 11.0. The smallest absolute Gasteiger partial charge is 0.259 e. The fraction of sp³-hybridized carbons (Fsp3) is 0.667. The third-order valence-electron chi connectivity index (χ3n) is 1.76. The predicted octanol–water partition coefficient (Wildman–Crippen LogP) is -1.27. The van der Waals surface area contributed by atoms with Crippen molar-refractivity contribution in [3.05, 3.63) is 0 Å². The van der Waals surface area contributed by atoms with E-state index >= 15 is 0 Å². The van der Waals surface area contributed by atoms with Crippen LogP contribution in [0.4, 0.5) is 0 Å². The van der Waals surface area contributed by atoms with Gasteiger partial charge in [-0.1, -0.05) is 0 Å². The average Bonchev–Trinajstić information content (AvgIpc) is 1.97. The van der Waals surface area contributed by atoms with E-state index in [1.165, 1.54) is 7.05 Å². The number of nitrogens with zero attached hydrogens (tertiary/aromatic N) is 1. The molecule has 0 spiro atoms. The Kier molecular flexibility index (Phi) is 1.82. The molecular weight excluding hydrogens is 146 g/mol. The Balaban J connectivity index is 2.79. The molecule has 0 aliphatic carbocycles. The molecule has 5 heteroatoms. The number of carbonyl (C=O) groups excluding carboxylic acids is 1. The van der Waals surface area contributed by atoms with Gasteiger partial charge in [-0.25, -0.2) is 0 Å². The summed E-state index contributed by atoms with van der Waals surface area (Å²) in [5.41, 5.74) is 0. The van der Waals surface area contributed by atoms with Crippen LogP contribution >= 0.6 is 0 Å². The number of hydrogen-bond donors (Lipinski definition) is 3. The highest BCUT2D eigenvalue weighted by molar-refractivity contribution is 6.00. The maximum atomic E-state index is 11.0. The van der Waals surface area contributed by atoms with Gasteiger partial charge in [0.25, 0.3) is 5.91 Å². The molecule has 1 fully saturated rings. The Hall–Kier alpha value is -1.10. The molecule has 0 unspecified atom stereocenters. The van der Waals surface area contributed by atoms with E-state index < -0.39 is 12.0 Å². The van der Waals surface area contributed by atoms with Crippen molar-refractivity contribution in [1.82, 2.24) is 10.2 Å². The SMILES string of the molecule is C[C@@H]1NC(=N)N(C)C(=O)[C@@H]1O. The van der Waals surface area contributed by atoms with E-state index in [1.807, 2.05) is 0 Å². The summed E-state index contributed by atoms with van der Waals surface area (Å²) >= 11 is 0. The zero-order chi connectivity index (χ0) is 8.59. The van der Waals surface area contributed by atoms with E-state index in [4.69, 9.17) is 5.41 Å². The van der Waals surface area contributed by atoms with E-state index in [9.17, 15) is 9.90 Å². The number of likely N-dealkylation sites (N-methyl/N-ethyl adjacent to an activating group) is 1. The van der Waals surface area contributed by atoms with E-state index in [-0.39, 0.29) is 12.0 Å². The molecule has 2 atom stereocenters. The molecule has 0 aromatic heterocycles. The number of carbonyl (C=O) groups is 1. The number of aliphatic hydroxyl groups is 1. The zero-order valence-electron chi connectivity index (χ0n) is 6.46. The van der Waals surface area contributed by atoms with Gasteiger partial charge in [-0.3, -0.25) is 15.1 Å². The molecule has 0 aromatic rings. The number of rotatable bonds is 0. The van der Waals surface area contributed by atoms with Crippen LogP contribution in [0, 0.1) is 5.41 Å². The van der Waals surface area contributed by atoms with Crippen LogP contribution in [0.5, 0.6) is 0 Å². The topological polar surface area (TPSA) is 76.4 Å². The lowest BCUT2D eigenvalue weighted by Crippen LogP contribution is -2.60. The van der Waals surface area contributed by atoms with Crippen molar-refractivity contribution < 1.29 is 9.90 Å². The zero-order valence-corrected chi connectivity index (χ0v) is 6.46. The minimum atomic E-state index is -1.03. The molecule has 11 heavy (non-hydrogen) atoms. The van der Waals surface area contributed by atoms with Gasteiger partial charge in [0.1, 0.15) is 0 Å². The lowest BCUT2D eigenvalue weighted by Gasteiger charge is -2.32. The summed E-state index contributed by atoms with van der Waals surface area (Å²) in [5.74, 6) is -0.394. The molecular formula is C6H11N3O2. The molecule has 3 N–H and O–H groups in total. The quantitative estimate of drug-likeness (QED) is 0.410. The second-order valence-corrected chi connectivity index (χ2v) is 2.62. The molecule has 0 aromatic carbocycles. The Labute approximate surface area is 64.5 Å². The van der Waals surface area contributed by atoms with Crippen LogP contribution in [-0.2, 0) is 4.79 Å². The highest BCUT2D eigenvalue weighted by atomic mass is 16.3. The molecule has 1 saturated heterocycles. The summed E-state index contributed by atoms with van der Waals surface area (Å²) in [5, 5.41) is 19.1. The number of hydrogen-bond acceptors (Lipinski definition) is 3. The number of aliphatic hydroxyl groups excluding tert-OH is 1. The highest BCUT2D eigenvalue weighted by Crippen LogP contribution is 2.04. The highest BCUT2D eigenvalue weighted by Gasteiger charge is 2.33. The van der Waals surface area contributed by atoms with Crippen LogP contribution in [0.2, 0.25) is 0 Å². The molecule has 0 bridgehead atoms. The minimum absolute atomic E-state index is 0.0350. The summed E-state index contributed by atoms with van der Waals surface area (Å²) in [6.45, 7) is 1.66. The second-order valence-electron chi connectivity index (χ2n) is 2.62.